The summed E-state index contributed by atoms with van der Waals surface area (Å²) in [6, 6.07) is 20.6. The zero-order valence-corrected chi connectivity index (χ0v) is 16.0. The Balaban J connectivity index is 1.53. The van der Waals surface area contributed by atoms with Crippen LogP contribution in [0.1, 0.15) is 34.5 Å². The lowest BCUT2D eigenvalue weighted by molar-refractivity contribution is -0.125. The topological polar surface area (TPSA) is 78.5 Å². The van der Waals surface area contributed by atoms with Crippen LogP contribution < -0.4 is 10.6 Å². The summed E-state index contributed by atoms with van der Waals surface area (Å²) in [7, 11) is 0. The Morgan fingerprint density at radius 3 is 2.52 bits per heavy atom. The number of amides is 4. The van der Waals surface area contributed by atoms with Crippen molar-refractivity contribution in [2.75, 3.05) is 6.54 Å². The average Bonchev–Trinajstić information content (AvgIpc) is 3.05. The number of nitrogens with one attached hydrogen (secondary N) is 2. The number of benzene rings is 3. The van der Waals surface area contributed by atoms with E-state index in [0.717, 1.165) is 21.2 Å². The van der Waals surface area contributed by atoms with Gasteiger partial charge >= 0.3 is 6.03 Å². The maximum Gasteiger partial charge on any atom is 0.324 e. The van der Waals surface area contributed by atoms with Crippen LogP contribution >= 0.6 is 0 Å². The number of carbonyl (C=O) groups is 3. The molecular formula is C23H21N3O3. The third kappa shape index (κ3) is 3.82. The van der Waals surface area contributed by atoms with Crippen molar-refractivity contribution in [3.8, 4) is 0 Å². The summed E-state index contributed by atoms with van der Waals surface area (Å²) in [5.41, 5.74) is 2.08. The average molecular weight is 387 g/mol. The van der Waals surface area contributed by atoms with Gasteiger partial charge in [0.1, 0.15) is 0 Å². The SMILES string of the molecule is CC(NC(=O)c1ccccc1CN1C(=O)CNC1=O)c1ccc2ccccc2c1. The summed E-state index contributed by atoms with van der Waals surface area (Å²) >= 11 is 0. The summed E-state index contributed by atoms with van der Waals surface area (Å²) in [5.74, 6) is -0.539. The van der Waals surface area contributed by atoms with Crippen LogP contribution in [-0.2, 0) is 11.3 Å². The van der Waals surface area contributed by atoms with E-state index in [4.69, 9.17) is 0 Å². The van der Waals surface area contributed by atoms with Crippen molar-refractivity contribution in [1.29, 1.82) is 0 Å². The first-order valence-electron chi connectivity index (χ1n) is 9.48. The van der Waals surface area contributed by atoms with Crippen LogP contribution in [0.2, 0.25) is 0 Å². The van der Waals surface area contributed by atoms with Crippen molar-refractivity contribution in [2.24, 2.45) is 0 Å². The molecule has 146 valence electrons. The molecule has 1 heterocycles. The molecule has 6 nitrogen and oxygen atoms in total. The Bertz CT molecular complexity index is 1090. The molecule has 1 fully saturated rings. The van der Waals surface area contributed by atoms with Gasteiger partial charge in [-0.3, -0.25) is 14.5 Å². The highest BCUT2D eigenvalue weighted by Gasteiger charge is 2.29. The number of imide groups is 1. The monoisotopic (exact) mass is 387 g/mol. The van der Waals surface area contributed by atoms with Gasteiger partial charge < -0.3 is 10.6 Å². The lowest BCUT2D eigenvalue weighted by Crippen LogP contribution is -2.32. The maximum atomic E-state index is 12.9. The van der Waals surface area contributed by atoms with Crippen LogP contribution in [-0.4, -0.2) is 29.3 Å². The highest BCUT2D eigenvalue weighted by Crippen LogP contribution is 2.21. The van der Waals surface area contributed by atoms with Gasteiger partial charge in [0, 0.05) is 5.56 Å². The van der Waals surface area contributed by atoms with Gasteiger partial charge in [0.25, 0.3) is 5.91 Å². The van der Waals surface area contributed by atoms with E-state index >= 15 is 0 Å². The summed E-state index contributed by atoms with van der Waals surface area (Å²) in [5, 5.41) is 7.78. The van der Waals surface area contributed by atoms with E-state index in [0.29, 0.717) is 11.1 Å². The molecule has 0 spiro atoms. The van der Waals surface area contributed by atoms with Crippen molar-refractivity contribution in [3.63, 3.8) is 0 Å². The Morgan fingerprint density at radius 2 is 1.76 bits per heavy atom. The highest BCUT2D eigenvalue weighted by molar-refractivity contribution is 6.02. The maximum absolute atomic E-state index is 12.9. The van der Waals surface area contributed by atoms with Gasteiger partial charge in [0.05, 0.1) is 19.1 Å². The van der Waals surface area contributed by atoms with Crippen LogP contribution in [0.25, 0.3) is 10.8 Å². The molecule has 29 heavy (non-hydrogen) atoms. The van der Waals surface area contributed by atoms with Crippen LogP contribution in [0.15, 0.2) is 66.7 Å². The van der Waals surface area contributed by atoms with Crippen LogP contribution in [0, 0.1) is 0 Å². The van der Waals surface area contributed by atoms with E-state index < -0.39 is 6.03 Å². The van der Waals surface area contributed by atoms with Gasteiger partial charge in [-0.05, 0) is 41.0 Å². The van der Waals surface area contributed by atoms with E-state index in [1.807, 2.05) is 37.3 Å². The minimum Gasteiger partial charge on any atom is -0.346 e. The van der Waals surface area contributed by atoms with Crippen molar-refractivity contribution in [2.45, 2.75) is 19.5 Å². The number of hydrogen-bond acceptors (Lipinski definition) is 3. The van der Waals surface area contributed by atoms with Gasteiger partial charge in [-0.1, -0.05) is 54.6 Å². The Labute approximate surface area is 168 Å². The van der Waals surface area contributed by atoms with Gasteiger partial charge in [-0.2, -0.15) is 0 Å². The van der Waals surface area contributed by atoms with Crippen LogP contribution in [0.3, 0.4) is 0 Å². The first kappa shape index (κ1) is 18.7. The number of urea groups is 1. The molecular weight excluding hydrogens is 366 g/mol. The molecule has 3 aromatic carbocycles. The number of rotatable bonds is 5. The Kier molecular flexibility index (Phi) is 4.99. The summed E-state index contributed by atoms with van der Waals surface area (Å²) in [4.78, 5) is 37.8. The van der Waals surface area contributed by atoms with E-state index in [1.54, 1.807) is 24.3 Å². The van der Waals surface area contributed by atoms with Crippen LogP contribution in [0.4, 0.5) is 4.79 Å². The molecule has 2 N–H and O–H groups in total. The Morgan fingerprint density at radius 1 is 1.03 bits per heavy atom. The van der Waals surface area contributed by atoms with E-state index in [-0.39, 0.29) is 30.9 Å². The van der Waals surface area contributed by atoms with Gasteiger partial charge in [-0.25, -0.2) is 4.79 Å². The number of fused-ring (bicyclic) bond motifs is 1. The van der Waals surface area contributed by atoms with Gasteiger partial charge in [0.2, 0.25) is 5.91 Å². The molecule has 4 amide bonds. The fourth-order valence-electron chi connectivity index (χ4n) is 3.50. The zero-order chi connectivity index (χ0) is 20.4. The highest BCUT2D eigenvalue weighted by atomic mass is 16.2. The normalized spacial score (nSPS) is 14.7. The molecule has 0 saturated carbocycles. The summed E-state index contributed by atoms with van der Waals surface area (Å²) < 4.78 is 0. The van der Waals surface area contributed by atoms with E-state index in [1.165, 1.54) is 0 Å². The molecule has 1 saturated heterocycles. The molecule has 1 aliphatic heterocycles. The lowest BCUT2D eigenvalue weighted by Gasteiger charge is -2.18. The standard InChI is InChI=1S/C23H21N3O3/c1-15(17-11-10-16-6-2-3-7-18(16)12-17)25-22(28)20-9-5-4-8-19(20)14-26-21(27)13-24-23(26)29/h2-12,15H,13-14H2,1H3,(H,24,29)(H,25,28). The lowest BCUT2D eigenvalue weighted by atomic mass is 10.0. The first-order valence-corrected chi connectivity index (χ1v) is 9.48. The van der Waals surface area contributed by atoms with Crippen molar-refractivity contribution < 1.29 is 14.4 Å². The predicted octanol–water partition coefficient (Wildman–Crippen LogP) is 3.38. The van der Waals surface area contributed by atoms with Crippen LogP contribution in [0.5, 0.6) is 0 Å². The summed E-state index contributed by atoms with van der Waals surface area (Å²) in [6.45, 7) is 1.99. The molecule has 0 radical (unpaired) electrons. The minimum atomic E-state index is -0.435. The summed E-state index contributed by atoms with van der Waals surface area (Å²) in [6.07, 6.45) is 0. The first-order chi connectivity index (χ1) is 14.0. The van der Waals surface area contributed by atoms with E-state index in [9.17, 15) is 14.4 Å². The van der Waals surface area contributed by atoms with Gasteiger partial charge in [0.15, 0.2) is 0 Å². The third-order valence-electron chi connectivity index (χ3n) is 5.15. The largest absolute Gasteiger partial charge is 0.346 e. The van der Waals surface area contributed by atoms with Crippen molar-refractivity contribution in [1.82, 2.24) is 15.5 Å². The molecule has 1 atom stereocenters. The fourth-order valence-corrected chi connectivity index (χ4v) is 3.50. The second-order valence-electron chi connectivity index (χ2n) is 7.10. The predicted molar refractivity (Wildman–Crippen MR) is 110 cm³/mol. The Hall–Kier alpha value is -3.67. The molecule has 1 unspecified atom stereocenters. The quantitative estimate of drug-likeness (QED) is 0.659. The van der Waals surface area contributed by atoms with E-state index in [2.05, 4.69) is 22.8 Å². The molecule has 6 heteroatoms. The second-order valence-corrected chi connectivity index (χ2v) is 7.10. The number of carbonyl (C=O) groups excluding carboxylic acids is 3. The molecule has 1 aliphatic rings. The molecule has 0 bridgehead atoms. The van der Waals surface area contributed by atoms with Gasteiger partial charge in [-0.15, -0.1) is 0 Å². The second kappa shape index (κ2) is 7.75. The molecule has 4 rings (SSSR count). The third-order valence-corrected chi connectivity index (χ3v) is 5.15. The van der Waals surface area contributed by atoms with Crippen molar-refractivity contribution in [3.05, 3.63) is 83.4 Å². The molecule has 0 aromatic heterocycles. The number of hydrogen-bond donors (Lipinski definition) is 2. The van der Waals surface area contributed by atoms with Crippen molar-refractivity contribution >= 4 is 28.6 Å². The molecule has 3 aromatic rings. The number of nitrogens with zero attached hydrogens (tertiary/aromatic N) is 1. The fraction of sp³-hybridized carbons (Fsp3) is 0.174. The minimum absolute atomic E-state index is 0.00774. The molecule has 0 aliphatic carbocycles. The zero-order valence-electron chi connectivity index (χ0n) is 16.0. The smallest absolute Gasteiger partial charge is 0.324 e.